The number of nitrogens with one attached hydrogen (secondary N) is 1. The monoisotopic (exact) mass is 383 g/mol. The second-order valence-corrected chi connectivity index (χ2v) is 5.90. The highest BCUT2D eigenvalue weighted by molar-refractivity contribution is 9.10. The van der Waals surface area contributed by atoms with E-state index in [2.05, 4.69) is 21.2 Å². The summed E-state index contributed by atoms with van der Waals surface area (Å²) >= 11 is 9.30. The summed E-state index contributed by atoms with van der Waals surface area (Å²) in [4.78, 5) is 12.2. The topological polar surface area (TPSA) is 47.6 Å². The lowest BCUT2D eigenvalue weighted by Crippen LogP contribution is -2.30. The van der Waals surface area contributed by atoms with E-state index in [1.807, 2.05) is 12.1 Å². The molecule has 1 amide bonds. The van der Waals surface area contributed by atoms with Gasteiger partial charge in [0.25, 0.3) is 5.91 Å². The largest absolute Gasteiger partial charge is 0.495 e. The number of amides is 1. The predicted molar refractivity (Wildman–Crippen MR) is 90.9 cm³/mol. The highest BCUT2D eigenvalue weighted by Crippen LogP contribution is 2.28. The molecule has 116 valence electrons. The van der Waals surface area contributed by atoms with Crippen molar-refractivity contribution in [2.45, 2.75) is 13.0 Å². The van der Waals surface area contributed by atoms with Gasteiger partial charge in [0.05, 0.1) is 12.8 Å². The van der Waals surface area contributed by atoms with Crippen LogP contribution in [-0.4, -0.2) is 19.1 Å². The van der Waals surface area contributed by atoms with Gasteiger partial charge in [-0.05, 0) is 43.3 Å². The maximum Gasteiger partial charge on any atom is 0.265 e. The molecule has 0 bridgehead atoms. The lowest BCUT2D eigenvalue weighted by molar-refractivity contribution is -0.122. The fourth-order valence-corrected chi connectivity index (χ4v) is 2.36. The molecular weight excluding hydrogens is 370 g/mol. The van der Waals surface area contributed by atoms with Gasteiger partial charge in [0.1, 0.15) is 11.5 Å². The summed E-state index contributed by atoms with van der Waals surface area (Å²) in [7, 11) is 1.53. The van der Waals surface area contributed by atoms with Gasteiger partial charge >= 0.3 is 0 Å². The average Bonchev–Trinajstić information content (AvgIpc) is 2.47. The van der Waals surface area contributed by atoms with Crippen LogP contribution in [0.25, 0.3) is 0 Å². The van der Waals surface area contributed by atoms with Gasteiger partial charge in [-0.25, -0.2) is 0 Å². The van der Waals surface area contributed by atoms with Crippen molar-refractivity contribution in [1.82, 2.24) is 0 Å². The lowest BCUT2D eigenvalue weighted by Gasteiger charge is -2.16. The van der Waals surface area contributed by atoms with Crippen LogP contribution in [0.15, 0.2) is 46.9 Å². The van der Waals surface area contributed by atoms with Crippen LogP contribution in [0.1, 0.15) is 6.92 Å². The van der Waals surface area contributed by atoms with Gasteiger partial charge in [-0.15, -0.1) is 0 Å². The Balaban J connectivity index is 2.07. The first-order chi connectivity index (χ1) is 10.5. The van der Waals surface area contributed by atoms with Gasteiger partial charge in [0.2, 0.25) is 0 Å². The van der Waals surface area contributed by atoms with E-state index in [4.69, 9.17) is 21.1 Å². The number of carbonyl (C=O) groups excluding carboxylic acids is 1. The van der Waals surface area contributed by atoms with Gasteiger partial charge < -0.3 is 14.8 Å². The summed E-state index contributed by atoms with van der Waals surface area (Å²) in [5.41, 5.74) is 0.504. The Morgan fingerprint density at radius 1 is 1.27 bits per heavy atom. The Morgan fingerprint density at radius 2 is 2.05 bits per heavy atom. The highest BCUT2D eigenvalue weighted by atomic mass is 79.9. The Morgan fingerprint density at radius 3 is 2.73 bits per heavy atom. The summed E-state index contributed by atoms with van der Waals surface area (Å²) in [6, 6.07) is 12.3. The van der Waals surface area contributed by atoms with Crippen LogP contribution in [-0.2, 0) is 4.79 Å². The van der Waals surface area contributed by atoms with Crippen LogP contribution in [0.4, 0.5) is 5.69 Å². The number of halogens is 2. The van der Waals surface area contributed by atoms with Gasteiger partial charge in [-0.2, -0.15) is 0 Å². The molecule has 2 aromatic rings. The SMILES string of the molecule is COc1ccc(Cl)cc1NC(=O)[C@@H](C)Oc1cccc(Br)c1. The van der Waals surface area contributed by atoms with Crippen LogP contribution in [0.5, 0.6) is 11.5 Å². The molecule has 0 unspecified atom stereocenters. The van der Waals surface area contributed by atoms with Crippen LogP contribution >= 0.6 is 27.5 Å². The molecule has 6 heteroatoms. The third-order valence-electron chi connectivity index (χ3n) is 2.90. The molecule has 2 rings (SSSR count). The molecule has 0 fully saturated rings. The Bertz CT molecular complexity index is 678. The maximum absolute atomic E-state index is 12.2. The Kier molecular flexibility index (Phi) is 5.69. The zero-order valence-corrected chi connectivity index (χ0v) is 14.4. The molecule has 0 aliphatic rings. The first-order valence-electron chi connectivity index (χ1n) is 6.56. The van der Waals surface area contributed by atoms with Gasteiger partial charge in [-0.3, -0.25) is 4.79 Å². The minimum Gasteiger partial charge on any atom is -0.495 e. The zero-order chi connectivity index (χ0) is 16.1. The van der Waals surface area contributed by atoms with E-state index in [-0.39, 0.29) is 5.91 Å². The van der Waals surface area contributed by atoms with Crippen molar-refractivity contribution in [1.29, 1.82) is 0 Å². The highest BCUT2D eigenvalue weighted by Gasteiger charge is 2.17. The fourth-order valence-electron chi connectivity index (χ4n) is 1.81. The molecule has 0 aliphatic carbocycles. The van der Waals surface area contributed by atoms with Crippen molar-refractivity contribution in [2.75, 3.05) is 12.4 Å². The van der Waals surface area contributed by atoms with Crippen LogP contribution in [0, 0.1) is 0 Å². The minimum absolute atomic E-state index is 0.291. The maximum atomic E-state index is 12.2. The quantitative estimate of drug-likeness (QED) is 0.824. The fraction of sp³-hybridized carbons (Fsp3) is 0.188. The number of carbonyl (C=O) groups is 1. The zero-order valence-electron chi connectivity index (χ0n) is 12.1. The van der Waals surface area contributed by atoms with Crippen molar-refractivity contribution in [3.05, 3.63) is 52.0 Å². The first-order valence-corrected chi connectivity index (χ1v) is 7.73. The number of ether oxygens (including phenoxy) is 2. The van der Waals surface area contributed by atoms with E-state index < -0.39 is 6.10 Å². The number of hydrogen-bond donors (Lipinski definition) is 1. The lowest BCUT2D eigenvalue weighted by atomic mass is 10.2. The summed E-state index contributed by atoms with van der Waals surface area (Å²) < 4.78 is 11.7. The second kappa shape index (κ2) is 7.51. The molecule has 0 saturated carbocycles. The molecule has 0 spiro atoms. The van der Waals surface area contributed by atoms with E-state index in [1.165, 1.54) is 7.11 Å². The predicted octanol–water partition coefficient (Wildman–Crippen LogP) is 4.52. The van der Waals surface area contributed by atoms with Crippen LogP contribution in [0.2, 0.25) is 5.02 Å². The molecule has 1 N–H and O–H groups in total. The number of methoxy groups -OCH3 is 1. The molecule has 2 aromatic carbocycles. The number of anilines is 1. The van der Waals surface area contributed by atoms with Gasteiger partial charge in [0, 0.05) is 9.50 Å². The first kappa shape index (κ1) is 16.6. The smallest absolute Gasteiger partial charge is 0.265 e. The summed E-state index contributed by atoms with van der Waals surface area (Å²) in [6.07, 6.45) is -0.669. The molecule has 22 heavy (non-hydrogen) atoms. The molecule has 4 nitrogen and oxygen atoms in total. The van der Waals surface area contributed by atoms with Gasteiger partial charge in [-0.1, -0.05) is 33.6 Å². The molecule has 0 saturated heterocycles. The molecule has 0 radical (unpaired) electrons. The van der Waals surface area contributed by atoms with Gasteiger partial charge in [0.15, 0.2) is 6.10 Å². The van der Waals surface area contributed by atoms with Crippen molar-refractivity contribution in [2.24, 2.45) is 0 Å². The average molecular weight is 385 g/mol. The van der Waals surface area contributed by atoms with Crippen LogP contribution in [0.3, 0.4) is 0 Å². The standard InChI is InChI=1S/C16H15BrClNO3/c1-10(22-13-5-3-4-11(17)8-13)16(20)19-14-9-12(18)6-7-15(14)21-2/h3-10H,1-2H3,(H,19,20)/t10-/m1/s1. The van der Waals surface area contributed by atoms with E-state index in [0.29, 0.717) is 22.2 Å². The van der Waals surface area contributed by atoms with E-state index >= 15 is 0 Å². The molecule has 1 atom stereocenters. The van der Waals surface area contributed by atoms with Crippen molar-refractivity contribution >= 4 is 39.1 Å². The molecular formula is C16H15BrClNO3. The van der Waals surface area contributed by atoms with Crippen LogP contribution < -0.4 is 14.8 Å². The third kappa shape index (κ3) is 4.39. The van der Waals surface area contributed by atoms with Crippen molar-refractivity contribution in [3.63, 3.8) is 0 Å². The molecule has 0 aliphatic heterocycles. The number of benzene rings is 2. The van der Waals surface area contributed by atoms with Crippen molar-refractivity contribution in [3.8, 4) is 11.5 Å². The summed E-state index contributed by atoms with van der Waals surface area (Å²) in [5.74, 6) is 0.850. The molecule has 0 heterocycles. The second-order valence-electron chi connectivity index (χ2n) is 4.55. The summed E-state index contributed by atoms with van der Waals surface area (Å²) in [6.45, 7) is 1.67. The van der Waals surface area contributed by atoms with E-state index in [9.17, 15) is 4.79 Å². The normalized spacial score (nSPS) is 11.6. The Labute approximate surface area is 142 Å². The Hall–Kier alpha value is -1.72. The molecule has 0 aromatic heterocycles. The third-order valence-corrected chi connectivity index (χ3v) is 3.63. The van der Waals surface area contributed by atoms with E-state index in [1.54, 1.807) is 37.3 Å². The number of rotatable bonds is 5. The summed E-state index contributed by atoms with van der Waals surface area (Å²) in [5, 5.41) is 3.26. The van der Waals surface area contributed by atoms with Crippen molar-refractivity contribution < 1.29 is 14.3 Å². The van der Waals surface area contributed by atoms with E-state index in [0.717, 1.165) is 4.47 Å². The minimum atomic E-state index is -0.669. The number of hydrogen-bond acceptors (Lipinski definition) is 3.